The molecule has 0 unspecified atom stereocenters. The average molecular weight is 421 g/mol. The fraction of sp³-hybridized carbons (Fsp3) is 0.480. The summed E-state index contributed by atoms with van der Waals surface area (Å²) in [5, 5.41) is 0. The van der Waals surface area contributed by atoms with Gasteiger partial charge >= 0.3 is 0 Å². The van der Waals surface area contributed by atoms with Gasteiger partial charge in [-0.1, -0.05) is 32.8 Å². The summed E-state index contributed by atoms with van der Waals surface area (Å²) in [6.07, 6.45) is 7.53. The number of hydrogen-bond acceptors (Lipinski definition) is 4. The van der Waals surface area contributed by atoms with Gasteiger partial charge in [0.1, 0.15) is 17.1 Å². The second-order valence-electron chi connectivity index (χ2n) is 8.82. The molecule has 164 valence electrons. The van der Waals surface area contributed by atoms with E-state index in [2.05, 4.69) is 23.4 Å². The third-order valence-electron chi connectivity index (χ3n) is 6.12. The monoisotopic (exact) mass is 420 g/mol. The minimum Gasteiger partial charge on any atom is -0.497 e. The molecule has 0 spiro atoms. The van der Waals surface area contributed by atoms with Crippen LogP contribution in [0.2, 0.25) is 0 Å². The van der Waals surface area contributed by atoms with Gasteiger partial charge in [-0.3, -0.25) is 4.79 Å². The quantitative estimate of drug-likeness (QED) is 0.500. The number of carbonyl (C=O) groups is 1. The minimum absolute atomic E-state index is 0.0116. The number of hydrogen-bond donors (Lipinski definition) is 0. The zero-order chi connectivity index (χ0) is 21.8. The van der Waals surface area contributed by atoms with Crippen LogP contribution >= 0.6 is 0 Å². The Morgan fingerprint density at radius 3 is 2.77 bits per heavy atom. The van der Waals surface area contributed by atoms with Gasteiger partial charge in [0.2, 0.25) is 0 Å². The molecule has 4 rings (SSSR count). The van der Waals surface area contributed by atoms with E-state index < -0.39 is 0 Å². The number of imidazole rings is 1. The van der Waals surface area contributed by atoms with Crippen LogP contribution in [0.1, 0.15) is 68.2 Å². The van der Waals surface area contributed by atoms with Gasteiger partial charge in [0.05, 0.1) is 13.7 Å². The zero-order valence-corrected chi connectivity index (χ0v) is 18.8. The number of pyridine rings is 1. The topological polar surface area (TPSA) is 60.2 Å². The molecule has 2 aromatic heterocycles. The molecule has 3 aromatic rings. The van der Waals surface area contributed by atoms with Crippen LogP contribution in [0.25, 0.3) is 11.2 Å². The van der Waals surface area contributed by atoms with E-state index in [4.69, 9.17) is 9.72 Å². The number of nitrogens with zero attached hydrogens (tertiary/aromatic N) is 4. The van der Waals surface area contributed by atoms with Crippen molar-refractivity contribution in [2.75, 3.05) is 13.7 Å². The third kappa shape index (κ3) is 4.73. The highest BCUT2D eigenvalue weighted by Crippen LogP contribution is 2.33. The summed E-state index contributed by atoms with van der Waals surface area (Å²) in [7, 11) is 1.62. The van der Waals surface area contributed by atoms with E-state index in [0.29, 0.717) is 36.4 Å². The van der Waals surface area contributed by atoms with E-state index in [0.717, 1.165) is 36.3 Å². The van der Waals surface area contributed by atoms with E-state index in [1.54, 1.807) is 7.11 Å². The summed E-state index contributed by atoms with van der Waals surface area (Å²) in [6, 6.07) is 11.7. The molecule has 1 aliphatic carbocycles. The van der Waals surface area contributed by atoms with Crippen molar-refractivity contribution in [3.63, 3.8) is 0 Å². The van der Waals surface area contributed by atoms with Gasteiger partial charge in [-0.25, -0.2) is 9.97 Å². The first-order valence-corrected chi connectivity index (χ1v) is 11.3. The fourth-order valence-electron chi connectivity index (χ4n) is 4.41. The molecule has 6 heteroatoms. The molecule has 31 heavy (non-hydrogen) atoms. The lowest BCUT2D eigenvalue weighted by atomic mass is 10.1. The molecule has 2 heterocycles. The molecule has 1 aromatic carbocycles. The third-order valence-corrected chi connectivity index (χ3v) is 6.12. The lowest BCUT2D eigenvalue weighted by molar-refractivity contribution is 0.0728. The van der Waals surface area contributed by atoms with Crippen molar-refractivity contribution in [3.05, 3.63) is 54.0 Å². The number of fused-ring (bicyclic) bond motifs is 1. The Hall–Kier alpha value is -2.89. The highest BCUT2D eigenvalue weighted by molar-refractivity contribution is 5.94. The second-order valence-corrected chi connectivity index (χ2v) is 8.82. The summed E-state index contributed by atoms with van der Waals surface area (Å²) in [5.74, 6) is 2.14. The van der Waals surface area contributed by atoms with Crippen LogP contribution in [0.4, 0.5) is 0 Å². The lowest BCUT2D eigenvalue weighted by Gasteiger charge is -2.25. The number of ether oxygens (including phenoxy) is 1. The van der Waals surface area contributed by atoms with Gasteiger partial charge < -0.3 is 14.2 Å². The molecule has 0 radical (unpaired) electrons. The van der Waals surface area contributed by atoms with Gasteiger partial charge in [0, 0.05) is 24.3 Å². The Bertz CT molecular complexity index is 1040. The van der Waals surface area contributed by atoms with Gasteiger partial charge in [-0.15, -0.1) is 0 Å². The highest BCUT2D eigenvalue weighted by atomic mass is 16.5. The van der Waals surface area contributed by atoms with Crippen molar-refractivity contribution in [2.45, 2.75) is 58.5 Å². The van der Waals surface area contributed by atoms with Crippen LogP contribution in [-0.4, -0.2) is 39.0 Å². The molecular formula is C25H32N4O2. The van der Waals surface area contributed by atoms with Crippen molar-refractivity contribution in [2.24, 2.45) is 5.92 Å². The molecule has 0 aliphatic heterocycles. The van der Waals surface area contributed by atoms with Gasteiger partial charge in [-0.05, 0) is 55.5 Å². The first kappa shape index (κ1) is 21.3. The molecule has 1 aliphatic rings. The molecule has 1 fully saturated rings. The Labute approximate surface area is 184 Å². The summed E-state index contributed by atoms with van der Waals surface area (Å²) < 4.78 is 7.63. The Morgan fingerprint density at radius 2 is 2.03 bits per heavy atom. The van der Waals surface area contributed by atoms with Crippen molar-refractivity contribution >= 4 is 17.1 Å². The minimum atomic E-state index is 0.0116. The van der Waals surface area contributed by atoms with Crippen molar-refractivity contribution in [1.29, 1.82) is 0 Å². The first-order chi connectivity index (χ1) is 15.1. The standard InChI is InChI=1S/C25H32N4O2/c1-18(2)13-15-28(25(30)19-8-6-11-21(16-19)31-3)17-23-27-22-12-7-14-26-24(22)29(23)20-9-4-5-10-20/h6-8,11-12,14,16,18,20H,4-5,9-10,13,15,17H2,1-3H3. The van der Waals surface area contributed by atoms with Gasteiger partial charge in [0.25, 0.3) is 5.91 Å². The molecule has 1 saturated carbocycles. The maximum atomic E-state index is 13.5. The highest BCUT2D eigenvalue weighted by Gasteiger charge is 2.26. The fourth-order valence-corrected chi connectivity index (χ4v) is 4.41. The largest absolute Gasteiger partial charge is 0.497 e. The smallest absolute Gasteiger partial charge is 0.254 e. The Kier molecular flexibility index (Phi) is 6.54. The molecule has 0 bridgehead atoms. The maximum absolute atomic E-state index is 13.5. The molecule has 0 N–H and O–H groups in total. The van der Waals surface area contributed by atoms with E-state index in [-0.39, 0.29) is 5.91 Å². The molecule has 0 atom stereocenters. The number of amides is 1. The van der Waals surface area contributed by atoms with Crippen LogP contribution in [0.15, 0.2) is 42.6 Å². The average Bonchev–Trinajstić information content (AvgIpc) is 3.43. The van der Waals surface area contributed by atoms with Gasteiger partial charge in [0.15, 0.2) is 5.65 Å². The SMILES string of the molecule is COc1cccc(C(=O)N(CCC(C)C)Cc2nc3cccnc3n2C2CCCC2)c1. The summed E-state index contributed by atoms with van der Waals surface area (Å²) >= 11 is 0. The van der Waals surface area contributed by atoms with Crippen molar-refractivity contribution in [3.8, 4) is 5.75 Å². The predicted molar refractivity (Wildman–Crippen MR) is 122 cm³/mol. The van der Waals surface area contributed by atoms with E-state index >= 15 is 0 Å². The summed E-state index contributed by atoms with van der Waals surface area (Å²) in [5.41, 5.74) is 2.48. The lowest BCUT2D eigenvalue weighted by Crippen LogP contribution is -2.33. The second kappa shape index (κ2) is 9.50. The van der Waals surface area contributed by atoms with Crippen LogP contribution in [0, 0.1) is 5.92 Å². The number of aromatic nitrogens is 3. The number of rotatable bonds is 8. The van der Waals surface area contributed by atoms with Crippen LogP contribution in [0.5, 0.6) is 5.75 Å². The predicted octanol–water partition coefficient (Wildman–Crippen LogP) is 5.24. The molecule has 1 amide bonds. The Balaban J connectivity index is 1.69. The molecular weight excluding hydrogens is 388 g/mol. The first-order valence-electron chi connectivity index (χ1n) is 11.3. The maximum Gasteiger partial charge on any atom is 0.254 e. The Morgan fingerprint density at radius 1 is 1.23 bits per heavy atom. The van der Waals surface area contributed by atoms with E-state index in [1.807, 2.05) is 47.5 Å². The summed E-state index contributed by atoms with van der Waals surface area (Å²) in [6.45, 7) is 5.54. The zero-order valence-electron chi connectivity index (χ0n) is 18.8. The van der Waals surface area contributed by atoms with E-state index in [1.165, 1.54) is 12.8 Å². The van der Waals surface area contributed by atoms with Crippen molar-refractivity contribution in [1.82, 2.24) is 19.4 Å². The summed E-state index contributed by atoms with van der Waals surface area (Å²) in [4.78, 5) is 25.0. The molecule has 0 saturated heterocycles. The molecule has 6 nitrogen and oxygen atoms in total. The van der Waals surface area contributed by atoms with Crippen LogP contribution in [0.3, 0.4) is 0 Å². The number of methoxy groups -OCH3 is 1. The van der Waals surface area contributed by atoms with Crippen LogP contribution in [-0.2, 0) is 6.54 Å². The van der Waals surface area contributed by atoms with Crippen LogP contribution < -0.4 is 4.74 Å². The van der Waals surface area contributed by atoms with E-state index in [9.17, 15) is 4.79 Å². The van der Waals surface area contributed by atoms with Gasteiger partial charge in [-0.2, -0.15) is 0 Å². The number of carbonyl (C=O) groups excluding carboxylic acids is 1. The van der Waals surface area contributed by atoms with Crippen molar-refractivity contribution < 1.29 is 9.53 Å². The normalized spacial score (nSPS) is 14.5. The number of benzene rings is 1.